The lowest BCUT2D eigenvalue weighted by Gasteiger charge is -2.04. The maximum absolute atomic E-state index is 10.5. The Balaban J connectivity index is 2.44. The molecular weight excluding hydrogens is 210 g/mol. The van der Waals surface area contributed by atoms with E-state index in [1.807, 2.05) is 6.92 Å². The fourth-order valence-corrected chi connectivity index (χ4v) is 1.56. The van der Waals surface area contributed by atoms with Crippen molar-refractivity contribution in [2.75, 3.05) is 6.79 Å². The van der Waals surface area contributed by atoms with E-state index < -0.39 is 4.92 Å². The summed E-state index contributed by atoms with van der Waals surface area (Å²) in [4.78, 5) is 10.1. The Hall–Kier alpha value is -2.04. The van der Waals surface area contributed by atoms with Gasteiger partial charge in [0.15, 0.2) is 11.5 Å². The molecule has 1 aromatic carbocycles. The van der Waals surface area contributed by atoms with Gasteiger partial charge < -0.3 is 9.47 Å². The summed E-state index contributed by atoms with van der Waals surface area (Å²) in [7, 11) is 0. The number of allylic oxidation sites excluding steroid dienone is 1. The van der Waals surface area contributed by atoms with Crippen molar-refractivity contribution in [1.82, 2.24) is 0 Å². The molecule has 84 valence electrons. The molecule has 1 heterocycles. The molecule has 16 heavy (non-hydrogen) atoms. The monoisotopic (exact) mass is 221 g/mol. The van der Waals surface area contributed by atoms with Crippen LogP contribution in [-0.4, -0.2) is 11.7 Å². The minimum Gasteiger partial charge on any atom is -0.454 e. The van der Waals surface area contributed by atoms with Crippen LogP contribution in [0.3, 0.4) is 0 Å². The van der Waals surface area contributed by atoms with E-state index in [1.54, 1.807) is 12.1 Å². The summed E-state index contributed by atoms with van der Waals surface area (Å²) in [6.07, 6.45) is 1.53. The molecule has 0 bridgehead atoms. The first-order chi connectivity index (χ1) is 7.59. The van der Waals surface area contributed by atoms with Crippen LogP contribution in [0.25, 0.3) is 6.08 Å². The van der Waals surface area contributed by atoms with Gasteiger partial charge in [-0.2, -0.15) is 0 Å². The Morgan fingerprint density at radius 1 is 1.50 bits per heavy atom. The zero-order valence-corrected chi connectivity index (χ0v) is 9.02. The number of nitro groups is 1. The average Bonchev–Trinajstić information content (AvgIpc) is 2.70. The Labute approximate surface area is 92.4 Å². The molecule has 0 aliphatic carbocycles. The third-order valence-electron chi connectivity index (χ3n) is 2.48. The van der Waals surface area contributed by atoms with Crippen molar-refractivity contribution in [3.8, 4) is 11.5 Å². The van der Waals surface area contributed by atoms with Crippen LogP contribution in [0.2, 0.25) is 0 Å². The summed E-state index contributed by atoms with van der Waals surface area (Å²) < 4.78 is 10.5. The molecule has 0 aromatic heterocycles. The van der Waals surface area contributed by atoms with Crippen LogP contribution in [0.15, 0.2) is 17.8 Å². The van der Waals surface area contributed by atoms with Crippen molar-refractivity contribution < 1.29 is 14.4 Å². The molecule has 1 aliphatic heterocycles. The maximum atomic E-state index is 10.5. The predicted molar refractivity (Wildman–Crippen MR) is 57.9 cm³/mol. The van der Waals surface area contributed by atoms with Crippen molar-refractivity contribution in [3.05, 3.63) is 39.1 Å². The van der Waals surface area contributed by atoms with Crippen LogP contribution in [-0.2, 0) is 0 Å². The van der Waals surface area contributed by atoms with E-state index in [4.69, 9.17) is 9.47 Å². The number of rotatable bonds is 2. The highest BCUT2D eigenvalue weighted by molar-refractivity contribution is 5.62. The van der Waals surface area contributed by atoms with E-state index in [9.17, 15) is 10.1 Å². The molecule has 0 amide bonds. The molecule has 0 fully saturated rings. The van der Waals surface area contributed by atoms with Gasteiger partial charge in [0.05, 0.1) is 4.92 Å². The number of hydrogen-bond acceptors (Lipinski definition) is 4. The number of ether oxygens (including phenoxy) is 2. The normalized spacial score (nSPS) is 14.0. The zero-order chi connectivity index (χ0) is 11.7. The smallest absolute Gasteiger partial charge is 0.243 e. The molecule has 5 heteroatoms. The van der Waals surface area contributed by atoms with Gasteiger partial charge in [0, 0.05) is 18.6 Å². The second kappa shape index (κ2) is 3.84. The Morgan fingerprint density at radius 2 is 2.25 bits per heavy atom. The Bertz CT molecular complexity index is 479. The molecule has 1 aromatic rings. The van der Waals surface area contributed by atoms with Crippen LogP contribution in [0.5, 0.6) is 11.5 Å². The van der Waals surface area contributed by atoms with Crippen LogP contribution in [0.1, 0.15) is 18.1 Å². The summed E-state index contributed by atoms with van der Waals surface area (Å²) in [5, 5.41) is 10.5. The Morgan fingerprint density at radius 3 is 2.94 bits per heavy atom. The first-order valence-corrected chi connectivity index (χ1v) is 4.81. The van der Waals surface area contributed by atoms with Gasteiger partial charge in [-0.3, -0.25) is 10.1 Å². The summed E-state index contributed by atoms with van der Waals surface area (Å²) in [6, 6.07) is 3.55. The summed E-state index contributed by atoms with van der Waals surface area (Å²) >= 11 is 0. The van der Waals surface area contributed by atoms with E-state index in [2.05, 4.69) is 0 Å². The first kappa shape index (κ1) is 10.5. The van der Waals surface area contributed by atoms with E-state index in [1.165, 1.54) is 13.0 Å². The van der Waals surface area contributed by atoms with Crippen molar-refractivity contribution in [3.63, 3.8) is 0 Å². The van der Waals surface area contributed by atoms with E-state index in [-0.39, 0.29) is 12.5 Å². The number of hydrogen-bond donors (Lipinski definition) is 0. The van der Waals surface area contributed by atoms with Gasteiger partial charge in [-0.05, 0) is 18.6 Å². The van der Waals surface area contributed by atoms with E-state index in [0.717, 1.165) is 11.1 Å². The second-order valence-electron chi connectivity index (χ2n) is 3.56. The quantitative estimate of drug-likeness (QED) is 0.568. The number of nitrogens with zero attached hydrogens (tertiary/aromatic N) is 1. The predicted octanol–water partition coefficient (Wildman–Crippen LogP) is 2.36. The van der Waals surface area contributed by atoms with Crippen LogP contribution < -0.4 is 9.47 Å². The molecule has 0 unspecified atom stereocenters. The third-order valence-corrected chi connectivity index (χ3v) is 2.48. The lowest BCUT2D eigenvalue weighted by atomic mass is 10.1. The highest BCUT2D eigenvalue weighted by Crippen LogP contribution is 2.37. The van der Waals surface area contributed by atoms with E-state index >= 15 is 0 Å². The number of fused-ring (bicyclic) bond motifs is 1. The van der Waals surface area contributed by atoms with Gasteiger partial charge in [0.1, 0.15) is 0 Å². The molecule has 0 radical (unpaired) electrons. The van der Waals surface area contributed by atoms with Crippen LogP contribution >= 0.6 is 0 Å². The second-order valence-corrected chi connectivity index (χ2v) is 3.56. The van der Waals surface area contributed by atoms with Crippen LogP contribution in [0, 0.1) is 17.0 Å². The number of benzene rings is 1. The standard InChI is InChI=1S/C11H11NO4/c1-7(12(13)14)5-9-3-4-10-11(8(9)2)16-6-15-10/h3-5H,6H2,1-2H3/b7-5+. The van der Waals surface area contributed by atoms with Crippen molar-refractivity contribution >= 4 is 6.08 Å². The molecule has 0 atom stereocenters. The molecular formula is C11H11NO4. The van der Waals surface area contributed by atoms with Gasteiger partial charge in [-0.1, -0.05) is 6.07 Å². The topological polar surface area (TPSA) is 61.6 Å². The first-order valence-electron chi connectivity index (χ1n) is 4.81. The molecule has 0 saturated carbocycles. The van der Waals surface area contributed by atoms with Crippen molar-refractivity contribution in [2.24, 2.45) is 0 Å². The van der Waals surface area contributed by atoms with Crippen molar-refractivity contribution in [1.29, 1.82) is 0 Å². The zero-order valence-electron chi connectivity index (χ0n) is 9.02. The maximum Gasteiger partial charge on any atom is 0.243 e. The van der Waals surface area contributed by atoms with Gasteiger partial charge in [0.2, 0.25) is 12.5 Å². The van der Waals surface area contributed by atoms with Crippen LogP contribution in [0.4, 0.5) is 0 Å². The molecule has 5 nitrogen and oxygen atoms in total. The lowest BCUT2D eigenvalue weighted by Crippen LogP contribution is -1.95. The molecule has 2 rings (SSSR count). The van der Waals surface area contributed by atoms with E-state index in [0.29, 0.717) is 11.5 Å². The van der Waals surface area contributed by atoms with Gasteiger partial charge in [-0.25, -0.2) is 0 Å². The molecule has 1 aliphatic rings. The Kier molecular flexibility index (Phi) is 2.52. The summed E-state index contributed by atoms with van der Waals surface area (Å²) in [6.45, 7) is 3.52. The molecule has 0 spiro atoms. The minimum atomic E-state index is -0.413. The third kappa shape index (κ3) is 1.71. The highest BCUT2D eigenvalue weighted by atomic mass is 16.7. The van der Waals surface area contributed by atoms with Gasteiger partial charge in [0.25, 0.3) is 0 Å². The summed E-state index contributed by atoms with van der Waals surface area (Å²) in [5.41, 5.74) is 1.73. The lowest BCUT2D eigenvalue weighted by molar-refractivity contribution is -0.422. The highest BCUT2D eigenvalue weighted by Gasteiger charge is 2.18. The fourth-order valence-electron chi connectivity index (χ4n) is 1.56. The fraction of sp³-hybridized carbons (Fsp3) is 0.273. The molecule has 0 saturated heterocycles. The summed E-state index contributed by atoms with van der Waals surface area (Å²) in [5.74, 6) is 1.36. The van der Waals surface area contributed by atoms with Crippen molar-refractivity contribution in [2.45, 2.75) is 13.8 Å². The molecule has 0 N–H and O–H groups in total. The minimum absolute atomic E-state index is 0.0990. The van der Waals surface area contributed by atoms with Gasteiger partial charge >= 0.3 is 0 Å². The van der Waals surface area contributed by atoms with Gasteiger partial charge in [-0.15, -0.1) is 0 Å². The average molecular weight is 221 g/mol. The largest absolute Gasteiger partial charge is 0.454 e. The SMILES string of the molecule is C/C(=C\c1ccc2c(c1C)OCO2)[N+](=O)[O-].